The van der Waals surface area contributed by atoms with Crippen LogP contribution in [0.1, 0.15) is 51.5 Å². The van der Waals surface area contributed by atoms with E-state index in [9.17, 15) is 0 Å². The van der Waals surface area contributed by atoms with Gasteiger partial charge in [-0.2, -0.15) is 5.10 Å². The topological polar surface area (TPSA) is 22.2 Å². The lowest BCUT2D eigenvalue weighted by Gasteiger charge is -2.41. The van der Waals surface area contributed by atoms with Gasteiger partial charge in [-0.25, -0.2) is 6.57 Å². The molecule has 0 spiro atoms. The minimum atomic E-state index is 0.127. The highest BCUT2D eigenvalue weighted by molar-refractivity contribution is 5.14. The van der Waals surface area contributed by atoms with Crippen LogP contribution >= 0.6 is 0 Å². The minimum absolute atomic E-state index is 0.127. The van der Waals surface area contributed by atoms with Crippen LogP contribution in [0.2, 0.25) is 0 Å². The van der Waals surface area contributed by atoms with Crippen molar-refractivity contribution in [2.24, 2.45) is 0 Å². The number of rotatable bonds is 3. The highest BCUT2D eigenvalue weighted by Crippen LogP contribution is 2.43. The average molecular weight is 217 g/mol. The molecule has 1 aromatic heterocycles. The smallest absolute Gasteiger partial charge is 0.228 e. The van der Waals surface area contributed by atoms with Crippen molar-refractivity contribution in [3.8, 4) is 0 Å². The fraction of sp³-hybridized carbons (Fsp3) is 0.692. The van der Waals surface area contributed by atoms with Crippen molar-refractivity contribution in [2.75, 3.05) is 0 Å². The first-order valence-corrected chi connectivity index (χ1v) is 6.03. The molecule has 2 rings (SSSR count). The summed E-state index contributed by atoms with van der Waals surface area (Å²) in [4.78, 5) is 3.61. The number of hydrogen-bond acceptors (Lipinski definition) is 1. The van der Waals surface area contributed by atoms with Crippen LogP contribution in [0.5, 0.6) is 0 Å². The maximum Gasteiger partial charge on any atom is 0.228 e. The van der Waals surface area contributed by atoms with Crippen LogP contribution in [0, 0.1) is 6.57 Å². The van der Waals surface area contributed by atoms with Gasteiger partial charge in [0.05, 0.1) is 11.7 Å². The second kappa shape index (κ2) is 3.93. The normalized spacial score (nSPS) is 28.8. The zero-order valence-electron chi connectivity index (χ0n) is 10.3. The predicted octanol–water partition coefficient (Wildman–Crippen LogP) is 3.19. The number of hydrogen-bond donors (Lipinski definition) is 0. The molecule has 0 saturated heterocycles. The quantitative estimate of drug-likeness (QED) is 0.713. The summed E-state index contributed by atoms with van der Waals surface area (Å²) in [7, 11) is 0. The molecule has 1 aliphatic carbocycles. The molecule has 1 aromatic rings. The van der Waals surface area contributed by atoms with Crippen LogP contribution < -0.4 is 0 Å². The largest absolute Gasteiger partial charge is 0.313 e. The van der Waals surface area contributed by atoms with Crippen LogP contribution in [0.3, 0.4) is 0 Å². The van der Waals surface area contributed by atoms with Gasteiger partial charge in [0.25, 0.3) is 0 Å². The number of aromatic nitrogens is 2. The third kappa shape index (κ3) is 1.63. The van der Waals surface area contributed by atoms with Gasteiger partial charge in [0.2, 0.25) is 6.04 Å². The van der Waals surface area contributed by atoms with Gasteiger partial charge < -0.3 is 4.85 Å². The molecule has 0 aromatic carbocycles. The van der Waals surface area contributed by atoms with Gasteiger partial charge in [0.1, 0.15) is 0 Å². The Hall–Kier alpha value is -1.30. The van der Waals surface area contributed by atoms with Crippen molar-refractivity contribution in [1.29, 1.82) is 0 Å². The van der Waals surface area contributed by atoms with E-state index in [4.69, 9.17) is 6.57 Å². The molecule has 3 nitrogen and oxygen atoms in total. The van der Waals surface area contributed by atoms with E-state index in [1.165, 1.54) is 5.56 Å². The monoisotopic (exact) mass is 217 g/mol. The molecule has 1 heterocycles. The van der Waals surface area contributed by atoms with E-state index in [-0.39, 0.29) is 11.6 Å². The maximum absolute atomic E-state index is 7.04. The Morgan fingerprint density at radius 3 is 2.75 bits per heavy atom. The Bertz CT molecular complexity index is 405. The summed E-state index contributed by atoms with van der Waals surface area (Å²) in [5.74, 6) is 0.527. The zero-order chi connectivity index (χ0) is 11.8. The Morgan fingerprint density at radius 1 is 1.62 bits per heavy atom. The maximum atomic E-state index is 7.04. The Labute approximate surface area is 97.3 Å². The molecule has 1 aliphatic rings. The Kier molecular flexibility index (Phi) is 2.75. The summed E-state index contributed by atoms with van der Waals surface area (Å²) in [6.07, 6.45) is 7.12. The molecular formula is C13H19N3. The zero-order valence-corrected chi connectivity index (χ0v) is 10.3. The van der Waals surface area contributed by atoms with E-state index in [2.05, 4.69) is 41.6 Å². The molecule has 1 saturated carbocycles. The van der Waals surface area contributed by atoms with Crippen LogP contribution in [0.15, 0.2) is 12.4 Å². The summed E-state index contributed by atoms with van der Waals surface area (Å²) in [5.41, 5.74) is 1.42. The highest BCUT2D eigenvalue weighted by Gasteiger charge is 2.49. The standard InChI is InChI=1S/C13H19N3/c1-5-13(6-12(7-13)14-4)16-9-11(8-15-16)10(2)3/h8-10,12H,5-7H2,1-3H3. The molecule has 0 amide bonds. The van der Waals surface area contributed by atoms with Crippen molar-refractivity contribution in [1.82, 2.24) is 9.78 Å². The fourth-order valence-electron chi connectivity index (χ4n) is 2.44. The summed E-state index contributed by atoms with van der Waals surface area (Å²) in [5, 5.41) is 4.48. The summed E-state index contributed by atoms with van der Waals surface area (Å²) >= 11 is 0. The van der Waals surface area contributed by atoms with Gasteiger partial charge in [0.15, 0.2) is 0 Å². The van der Waals surface area contributed by atoms with Gasteiger partial charge in [-0.15, -0.1) is 0 Å². The minimum Gasteiger partial charge on any atom is -0.313 e. The van der Waals surface area contributed by atoms with E-state index >= 15 is 0 Å². The van der Waals surface area contributed by atoms with Gasteiger partial charge in [-0.1, -0.05) is 20.8 Å². The lowest BCUT2D eigenvalue weighted by atomic mass is 9.71. The molecule has 86 valence electrons. The van der Waals surface area contributed by atoms with Gasteiger partial charge in [-0.05, 0) is 17.9 Å². The Morgan fingerprint density at radius 2 is 2.31 bits per heavy atom. The first-order valence-electron chi connectivity index (χ1n) is 6.03. The second-order valence-corrected chi connectivity index (χ2v) is 5.14. The van der Waals surface area contributed by atoms with Crippen molar-refractivity contribution in [3.05, 3.63) is 29.4 Å². The lowest BCUT2D eigenvalue weighted by molar-refractivity contribution is 0.109. The molecular weight excluding hydrogens is 198 g/mol. The van der Waals surface area contributed by atoms with Crippen LogP contribution in [-0.2, 0) is 5.54 Å². The van der Waals surface area contributed by atoms with Crippen LogP contribution in [-0.4, -0.2) is 15.8 Å². The molecule has 16 heavy (non-hydrogen) atoms. The van der Waals surface area contributed by atoms with Gasteiger partial charge >= 0.3 is 0 Å². The molecule has 1 fully saturated rings. The van der Waals surface area contributed by atoms with E-state index in [1.807, 2.05) is 6.20 Å². The molecule has 3 heteroatoms. The third-order valence-electron chi connectivity index (χ3n) is 3.83. The van der Waals surface area contributed by atoms with E-state index in [1.54, 1.807) is 0 Å². The van der Waals surface area contributed by atoms with Crippen LogP contribution in [0.4, 0.5) is 0 Å². The molecule has 0 N–H and O–H groups in total. The molecule has 0 radical (unpaired) electrons. The average Bonchev–Trinajstić information content (AvgIpc) is 2.67. The molecule has 0 unspecified atom stereocenters. The fourth-order valence-corrected chi connectivity index (χ4v) is 2.44. The molecule has 0 atom stereocenters. The van der Waals surface area contributed by atoms with E-state index in [0.29, 0.717) is 5.92 Å². The summed E-state index contributed by atoms with van der Waals surface area (Å²) < 4.78 is 2.10. The van der Waals surface area contributed by atoms with Gasteiger partial charge in [-0.3, -0.25) is 4.68 Å². The van der Waals surface area contributed by atoms with E-state index < -0.39 is 0 Å². The van der Waals surface area contributed by atoms with Crippen molar-refractivity contribution in [2.45, 2.75) is 57.5 Å². The molecule has 0 bridgehead atoms. The SMILES string of the molecule is [C-]#[N+]C1CC(CC)(n2cc(C(C)C)cn2)C1. The second-order valence-electron chi connectivity index (χ2n) is 5.14. The first kappa shape index (κ1) is 11.2. The van der Waals surface area contributed by atoms with Gasteiger partial charge in [0, 0.05) is 19.0 Å². The van der Waals surface area contributed by atoms with E-state index in [0.717, 1.165) is 19.3 Å². The Balaban J connectivity index is 2.19. The predicted molar refractivity (Wildman–Crippen MR) is 64.2 cm³/mol. The lowest BCUT2D eigenvalue weighted by Crippen LogP contribution is -2.47. The molecule has 0 aliphatic heterocycles. The summed E-state index contributed by atoms with van der Waals surface area (Å²) in [6, 6.07) is 0.214. The first-order chi connectivity index (χ1) is 7.61. The van der Waals surface area contributed by atoms with Crippen molar-refractivity contribution >= 4 is 0 Å². The van der Waals surface area contributed by atoms with Crippen molar-refractivity contribution < 1.29 is 0 Å². The summed E-state index contributed by atoms with van der Waals surface area (Å²) in [6.45, 7) is 13.6. The third-order valence-corrected chi connectivity index (χ3v) is 3.83. The van der Waals surface area contributed by atoms with Crippen LogP contribution in [0.25, 0.3) is 4.85 Å². The number of nitrogens with zero attached hydrogens (tertiary/aromatic N) is 3. The van der Waals surface area contributed by atoms with Crippen molar-refractivity contribution in [3.63, 3.8) is 0 Å². The highest BCUT2D eigenvalue weighted by atomic mass is 15.3.